The van der Waals surface area contributed by atoms with Crippen LogP contribution in [0, 0.1) is 0 Å². The second-order valence-corrected chi connectivity index (χ2v) is 2.42. The van der Waals surface area contributed by atoms with E-state index in [-0.39, 0.29) is 16.5 Å². The van der Waals surface area contributed by atoms with Crippen LogP contribution in [0.5, 0.6) is 0 Å². The molecule has 2 atom stereocenters. The van der Waals surface area contributed by atoms with Gasteiger partial charge in [0.1, 0.15) is 16.5 Å². The van der Waals surface area contributed by atoms with Crippen molar-refractivity contribution in [3.63, 3.8) is 0 Å². The first-order valence-electron chi connectivity index (χ1n) is 1.22. The van der Waals surface area contributed by atoms with Crippen molar-refractivity contribution >= 4 is 16.5 Å². The Bertz CT molecular complexity index is 86.6. The summed E-state index contributed by atoms with van der Waals surface area (Å²) in [5.41, 5.74) is 0. The van der Waals surface area contributed by atoms with Crippen LogP contribution in [0.15, 0.2) is 0 Å². The summed E-state index contributed by atoms with van der Waals surface area (Å²) in [6.45, 7) is 0. The summed E-state index contributed by atoms with van der Waals surface area (Å²) in [7, 11) is -7.03. The molecule has 5 nitrogen and oxygen atoms in total. The summed E-state index contributed by atoms with van der Waals surface area (Å²) < 4.78 is 21.8. The van der Waals surface area contributed by atoms with E-state index in [0.29, 0.717) is 0 Å². The molecule has 0 heterocycles. The number of rotatable bonds is 2. The second kappa shape index (κ2) is 5.96. The van der Waals surface area contributed by atoms with Crippen molar-refractivity contribution in [2.75, 3.05) is 0 Å². The van der Waals surface area contributed by atoms with Crippen LogP contribution in [0.4, 0.5) is 0 Å². The van der Waals surface area contributed by atoms with Crippen molar-refractivity contribution in [3.8, 4) is 0 Å². The predicted octanol–water partition coefficient (Wildman–Crippen LogP) is -1.50. The Morgan fingerprint density at radius 2 is 1.38 bits per heavy atom. The molecule has 0 rings (SSSR count). The van der Waals surface area contributed by atoms with E-state index in [0.717, 1.165) is 0 Å². The van der Waals surface area contributed by atoms with Crippen molar-refractivity contribution in [1.29, 1.82) is 0 Å². The van der Waals surface area contributed by atoms with E-state index in [4.69, 9.17) is 0 Å². The van der Waals surface area contributed by atoms with Gasteiger partial charge < -0.3 is 18.9 Å². The van der Waals surface area contributed by atoms with Crippen LogP contribution >= 0.6 is 16.5 Å². The Morgan fingerprint density at radius 1 is 1.12 bits per heavy atom. The number of hydrogen-bond acceptors (Lipinski definition) is 5. The van der Waals surface area contributed by atoms with E-state index >= 15 is 0 Å². The Kier molecular flexibility index (Phi) is 8.65. The van der Waals surface area contributed by atoms with E-state index in [1.165, 1.54) is 0 Å². The fraction of sp³-hybridized carbons (Fsp3) is 0. The zero-order valence-corrected chi connectivity index (χ0v) is 6.35. The van der Waals surface area contributed by atoms with Gasteiger partial charge in [0.15, 0.2) is 0 Å². The van der Waals surface area contributed by atoms with Gasteiger partial charge >= 0.3 is 16.5 Å². The molecule has 0 spiro atoms. The molecule has 52 valence electrons. The van der Waals surface area contributed by atoms with Gasteiger partial charge in [0.25, 0.3) is 0 Å². The first-order valence-corrected chi connectivity index (χ1v) is 3.67. The van der Waals surface area contributed by atoms with Crippen molar-refractivity contribution in [2.45, 2.75) is 0 Å². The maximum Gasteiger partial charge on any atom is 2.00 e. The van der Waals surface area contributed by atoms with Crippen LogP contribution in [0.25, 0.3) is 0 Å². The minimum atomic E-state index is -3.51. The Morgan fingerprint density at radius 3 is 1.38 bits per heavy atom. The molecule has 0 aliphatic rings. The normalized spacial score (nSPS) is 16.2. The summed E-state index contributed by atoms with van der Waals surface area (Å²) in [4.78, 5) is 18.6. The van der Waals surface area contributed by atoms with Gasteiger partial charge in [0, 0.05) is 0 Å². The van der Waals surface area contributed by atoms with Crippen molar-refractivity contribution in [3.05, 3.63) is 0 Å². The third kappa shape index (κ3) is 9.95. The summed E-state index contributed by atoms with van der Waals surface area (Å²) in [5.74, 6) is 0. The van der Waals surface area contributed by atoms with Crippen LogP contribution in [-0.4, -0.2) is 0 Å². The van der Waals surface area contributed by atoms with Crippen LogP contribution < -0.4 is 9.79 Å². The molecule has 0 aliphatic heterocycles. The molecule has 0 radical (unpaired) electrons. The molecular formula is H2NiO5P2. The maximum atomic E-state index is 9.29. The maximum absolute atomic E-state index is 9.29. The quantitative estimate of drug-likeness (QED) is 0.402. The Hall–Kier alpha value is 0.834. The zero-order valence-electron chi connectivity index (χ0n) is 3.36. The van der Waals surface area contributed by atoms with E-state index in [1.54, 1.807) is 0 Å². The molecule has 0 saturated carbocycles. The van der Waals surface area contributed by atoms with Gasteiger partial charge in [-0.25, -0.2) is 0 Å². The molecule has 0 bridgehead atoms. The van der Waals surface area contributed by atoms with E-state index < -0.39 is 16.5 Å². The van der Waals surface area contributed by atoms with Crippen molar-refractivity contribution in [1.82, 2.24) is 0 Å². The third-order valence-electron chi connectivity index (χ3n) is 0.167. The molecule has 0 saturated heterocycles. The van der Waals surface area contributed by atoms with Gasteiger partial charge in [-0.3, -0.25) is 4.31 Å². The number of hydrogen-bond donors (Lipinski definition) is 0. The molecule has 0 aliphatic carbocycles. The minimum absolute atomic E-state index is 0. The van der Waals surface area contributed by atoms with Gasteiger partial charge in [-0.1, -0.05) is 0 Å². The molecule has 2 unspecified atom stereocenters. The Balaban J connectivity index is 0. The molecule has 0 amide bonds. The van der Waals surface area contributed by atoms with E-state index in [9.17, 15) is 18.9 Å². The van der Waals surface area contributed by atoms with Crippen LogP contribution in [-0.2, 0) is 29.9 Å². The molecule has 8 heavy (non-hydrogen) atoms. The van der Waals surface area contributed by atoms with Gasteiger partial charge in [0.05, 0.1) is 0 Å². The minimum Gasteiger partial charge on any atom is -0.781 e. The predicted molar refractivity (Wildman–Crippen MR) is 19.1 cm³/mol. The standard InChI is InChI=1S/Ni.H4O5P2/c;1-6(2)5-7(3)4/h;6-7H,(H,1,2)(H,3,4)/q+2;/p-2. The van der Waals surface area contributed by atoms with Gasteiger partial charge in [-0.05, 0) is 0 Å². The zero-order chi connectivity index (χ0) is 5.86. The summed E-state index contributed by atoms with van der Waals surface area (Å²) >= 11 is 0. The average Bonchev–Trinajstić information content (AvgIpc) is 1.27. The summed E-state index contributed by atoms with van der Waals surface area (Å²) in [6, 6.07) is 0. The second-order valence-electron chi connectivity index (χ2n) is 0.602. The van der Waals surface area contributed by atoms with Gasteiger partial charge in [-0.15, -0.1) is 0 Å². The fourth-order valence-corrected chi connectivity index (χ4v) is 0.612. The SMILES string of the molecule is O=[PH]([O-])O[PH](=O)[O-].[Ni+2]. The van der Waals surface area contributed by atoms with Crippen LogP contribution in [0.3, 0.4) is 0 Å². The summed E-state index contributed by atoms with van der Waals surface area (Å²) in [5, 5.41) is 0. The smallest absolute Gasteiger partial charge is 0.781 e. The third-order valence-corrected chi connectivity index (χ3v) is 1.50. The molecule has 0 aromatic rings. The molecular weight excluding hydrogens is 201 g/mol. The first-order chi connectivity index (χ1) is 3.13. The fourth-order valence-electron chi connectivity index (χ4n) is 0.0680. The van der Waals surface area contributed by atoms with E-state index in [1.807, 2.05) is 0 Å². The molecule has 0 N–H and O–H groups in total. The van der Waals surface area contributed by atoms with E-state index in [2.05, 4.69) is 4.31 Å². The molecule has 0 fully saturated rings. The largest absolute Gasteiger partial charge is 2.00 e. The van der Waals surface area contributed by atoms with Gasteiger partial charge in [0.2, 0.25) is 0 Å². The molecule has 8 heteroatoms. The van der Waals surface area contributed by atoms with Crippen LogP contribution in [0.1, 0.15) is 0 Å². The Labute approximate surface area is 56.9 Å². The average molecular weight is 203 g/mol. The summed E-state index contributed by atoms with van der Waals surface area (Å²) in [6.07, 6.45) is 0. The van der Waals surface area contributed by atoms with Crippen molar-refractivity contribution < 1.29 is 39.7 Å². The monoisotopic (exact) mass is 202 g/mol. The van der Waals surface area contributed by atoms with Crippen molar-refractivity contribution in [2.24, 2.45) is 0 Å². The molecule has 0 aromatic carbocycles. The van der Waals surface area contributed by atoms with Crippen LogP contribution in [0.2, 0.25) is 0 Å². The first kappa shape index (κ1) is 11.6. The topological polar surface area (TPSA) is 89.5 Å². The van der Waals surface area contributed by atoms with Gasteiger partial charge in [-0.2, -0.15) is 0 Å². The molecule has 0 aromatic heterocycles.